The van der Waals surface area contributed by atoms with Crippen LogP contribution in [0.3, 0.4) is 0 Å². The van der Waals surface area contributed by atoms with E-state index in [1.165, 1.54) is 23.1 Å². The summed E-state index contributed by atoms with van der Waals surface area (Å²) >= 11 is 0. The van der Waals surface area contributed by atoms with Crippen molar-refractivity contribution >= 4 is 23.5 Å². The van der Waals surface area contributed by atoms with Gasteiger partial charge >= 0.3 is 5.97 Å². The number of para-hydroxylation sites is 1. The standard InChI is InChI=1S/C16H17FN2O5/c17-9-3-1-2-4-11(9)19-8-7-10(15(19)21)18-14(20)12-5-6-13(24-12)16(22)23/h1-4,10,12-13H,5-8H2,(H,18,20)(H,22,23)/t10?,12-,13+/m0/s1. The highest BCUT2D eigenvalue weighted by atomic mass is 19.1. The molecule has 7 nitrogen and oxygen atoms in total. The predicted molar refractivity (Wildman–Crippen MR) is 80.8 cm³/mol. The summed E-state index contributed by atoms with van der Waals surface area (Å²) in [6.07, 6.45) is -0.960. The van der Waals surface area contributed by atoms with E-state index in [0.717, 1.165) is 0 Å². The maximum Gasteiger partial charge on any atom is 0.332 e. The molecular formula is C16H17FN2O5. The lowest BCUT2D eigenvalue weighted by atomic mass is 10.1. The molecule has 8 heteroatoms. The zero-order chi connectivity index (χ0) is 17.3. The van der Waals surface area contributed by atoms with Crippen molar-refractivity contribution in [2.45, 2.75) is 37.5 Å². The monoisotopic (exact) mass is 336 g/mol. The summed E-state index contributed by atoms with van der Waals surface area (Å²) in [7, 11) is 0. The Kier molecular flexibility index (Phi) is 4.48. The number of carbonyl (C=O) groups excluding carboxylic acids is 2. The first kappa shape index (κ1) is 16.4. The first-order chi connectivity index (χ1) is 11.5. The van der Waals surface area contributed by atoms with Gasteiger partial charge in [0.1, 0.15) is 18.0 Å². The Morgan fingerprint density at radius 1 is 1.21 bits per heavy atom. The first-order valence-electron chi connectivity index (χ1n) is 7.72. The molecule has 2 saturated heterocycles. The van der Waals surface area contributed by atoms with Crippen molar-refractivity contribution in [3.63, 3.8) is 0 Å². The van der Waals surface area contributed by atoms with Gasteiger partial charge in [-0.25, -0.2) is 9.18 Å². The lowest BCUT2D eigenvalue weighted by molar-refractivity contribution is -0.152. The number of halogens is 1. The third kappa shape index (κ3) is 3.09. The Hall–Kier alpha value is -2.48. The maximum atomic E-state index is 13.8. The SMILES string of the molecule is O=C(NC1CCN(c2ccccc2F)C1=O)[C@@H]1CC[C@H](C(=O)O)O1. The molecule has 3 atom stereocenters. The van der Waals surface area contributed by atoms with E-state index in [2.05, 4.69) is 5.32 Å². The van der Waals surface area contributed by atoms with Gasteiger partial charge in [0, 0.05) is 6.54 Å². The van der Waals surface area contributed by atoms with E-state index < -0.39 is 35.9 Å². The number of ether oxygens (including phenoxy) is 1. The van der Waals surface area contributed by atoms with Crippen LogP contribution in [0.2, 0.25) is 0 Å². The van der Waals surface area contributed by atoms with Crippen molar-refractivity contribution in [3.05, 3.63) is 30.1 Å². The van der Waals surface area contributed by atoms with Gasteiger partial charge < -0.3 is 20.1 Å². The Balaban J connectivity index is 1.61. The average Bonchev–Trinajstić information content (AvgIpc) is 3.17. The van der Waals surface area contributed by atoms with Crippen LogP contribution in [-0.4, -0.2) is 47.7 Å². The van der Waals surface area contributed by atoms with Gasteiger partial charge in [-0.05, 0) is 31.4 Å². The summed E-state index contributed by atoms with van der Waals surface area (Å²) in [4.78, 5) is 36.7. The number of hydrogen-bond acceptors (Lipinski definition) is 4. The molecule has 0 radical (unpaired) electrons. The lowest BCUT2D eigenvalue weighted by Crippen LogP contribution is -2.46. The number of amides is 2. The summed E-state index contributed by atoms with van der Waals surface area (Å²) in [5.74, 6) is -2.50. The largest absolute Gasteiger partial charge is 0.479 e. The van der Waals surface area contributed by atoms with Crippen LogP contribution in [-0.2, 0) is 19.1 Å². The van der Waals surface area contributed by atoms with Crippen molar-refractivity contribution in [2.24, 2.45) is 0 Å². The molecule has 24 heavy (non-hydrogen) atoms. The number of anilines is 1. The molecule has 1 unspecified atom stereocenters. The number of rotatable bonds is 4. The van der Waals surface area contributed by atoms with Crippen molar-refractivity contribution in [2.75, 3.05) is 11.4 Å². The first-order valence-corrected chi connectivity index (χ1v) is 7.72. The van der Waals surface area contributed by atoms with Crippen LogP contribution in [0.25, 0.3) is 0 Å². The number of benzene rings is 1. The minimum absolute atomic E-state index is 0.183. The van der Waals surface area contributed by atoms with Crippen LogP contribution in [0.15, 0.2) is 24.3 Å². The summed E-state index contributed by atoms with van der Waals surface area (Å²) in [5, 5.41) is 11.5. The highest BCUT2D eigenvalue weighted by Crippen LogP contribution is 2.25. The van der Waals surface area contributed by atoms with E-state index in [1.54, 1.807) is 6.07 Å². The fourth-order valence-corrected chi connectivity index (χ4v) is 3.00. The number of aliphatic carboxylic acids is 1. The van der Waals surface area contributed by atoms with E-state index in [1.807, 2.05) is 0 Å². The molecule has 2 aliphatic rings. The third-order valence-corrected chi connectivity index (χ3v) is 4.25. The lowest BCUT2D eigenvalue weighted by Gasteiger charge is -2.19. The van der Waals surface area contributed by atoms with Crippen molar-refractivity contribution < 1.29 is 28.6 Å². The smallest absolute Gasteiger partial charge is 0.332 e. The van der Waals surface area contributed by atoms with Gasteiger partial charge in [0.15, 0.2) is 6.10 Å². The Labute approximate surface area is 137 Å². The van der Waals surface area contributed by atoms with Crippen LogP contribution in [0, 0.1) is 5.82 Å². The van der Waals surface area contributed by atoms with Crippen LogP contribution >= 0.6 is 0 Å². The van der Waals surface area contributed by atoms with Gasteiger partial charge in [0.2, 0.25) is 11.8 Å². The molecule has 1 aromatic carbocycles. The van der Waals surface area contributed by atoms with Crippen LogP contribution in [0.4, 0.5) is 10.1 Å². The van der Waals surface area contributed by atoms with E-state index in [4.69, 9.17) is 9.84 Å². The van der Waals surface area contributed by atoms with Crippen molar-refractivity contribution in [3.8, 4) is 0 Å². The summed E-state index contributed by atoms with van der Waals surface area (Å²) < 4.78 is 19.0. The molecule has 0 aromatic heterocycles. The van der Waals surface area contributed by atoms with Gasteiger partial charge in [-0.1, -0.05) is 12.1 Å². The third-order valence-electron chi connectivity index (χ3n) is 4.25. The Bertz CT molecular complexity index is 680. The average molecular weight is 336 g/mol. The van der Waals surface area contributed by atoms with E-state index in [-0.39, 0.29) is 18.0 Å². The maximum absolute atomic E-state index is 13.8. The van der Waals surface area contributed by atoms with Crippen LogP contribution in [0.1, 0.15) is 19.3 Å². The molecule has 2 N–H and O–H groups in total. The minimum Gasteiger partial charge on any atom is -0.479 e. The quantitative estimate of drug-likeness (QED) is 0.843. The molecule has 2 amide bonds. The highest BCUT2D eigenvalue weighted by molar-refractivity contribution is 6.01. The number of carboxylic acid groups (broad SMARTS) is 1. The molecule has 2 aliphatic heterocycles. The normalized spacial score (nSPS) is 26.6. The van der Waals surface area contributed by atoms with Gasteiger partial charge in [0.05, 0.1) is 5.69 Å². The second-order valence-corrected chi connectivity index (χ2v) is 5.82. The fourth-order valence-electron chi connectivity index (χ4n) is 3.00. The van der Waals surface area contributed by atoms with Crippen LogP contribution < -0.4 is 10.2 Å². The molecule has 0 aliphatic carbocycles. The van der Waals surface area contributed by atoms with E-state index in [9.17, 15) is 18.8 Å². The van der Waals surface area contributed by atoms with Gasteiger partial charge in [-0.2, -0.15) is 0 Å². The highest BCUT2D eigenvalue weighted by Gasteiger charge is 2.39. The number of carboxylic acids is 1. The fraction of sp³-hybridized carbons (Fsp3) is 0.438. The zero-order valence-electron chi connectivity index (χ0n) is 12.8. The summed E-state index contributed by atoms with van der Waals surface area (Å²) in [6.45, 7) is 0.300. The predicted octanol–water partition coefficient (Wildman–Crippen LogP) is 0.679. The van der Waals surface area contributed by atoms with Crippen LogP contribution in [0.5, 0.6) is 0 Å². The zero-order valence-corrected chi connectivity index (χ0v) is 12.8. The topological polar surface area (TPSA) is 95.9 Å². The molecule has 0 spiro atoms. The molecule has 3 rings (SSSR count). The number of nitrogens with one attached hydrogen (secondary N) is 1. The molecule has 1 aromatic rings. The number of hydrogen-bond donors (Lipinski definition) is 2. The Morgan fingerprint density at radius 3 is 2.58 bits per heavy atom. The summed E-state index contributed by atoms with van der Waals surface area (Å²) in [5.41, 5.74) is 0.183. The molecular weight excluding hydrogens is 319 g/mol. The molecule has 0 saturated carbocycles. The second kappa shape index (κ2) is 6.56. The number of nitrogens with zero attached hydrogens (tertiary/aromatic N) is 1. The Morgan fingerprint density at radius 2 is 1.92 bits per heavy atom. The molecule has 0 bridgehead atoms. The molecule has 128 valence electrons. The van der Waals surface area contributed by atoms with E-state index >= 15 is 0 Å². The second-order valence-electron chi connectivity index (χ2n) is 5.82. The number of carbonyl (C=O) groups is 3. The minimum atomic E-state index is -1.10. The molecule has 2 fully saturated rings. The van der Waals surface area contributed by atoms with Gasteiger partial charge in [-0.3, -0.25) is 9.59 Å². The van der Waals surface area contributed by atoms with Crippen molar-refractivity contribution in [1.82, 2.24) is 5.32 Å². The van der Waals surface area contributed by atoms with Gasteiger partial charge in [-0.15, -0.1) is 0 Å². The molecule has 2 heterocycles. The summed E-state index contributed by atoms with van der Waals surface area (Å²) in [6, 6.07) is 5.19. The van der Waals surface area contributed by atoms with E-state index in [0.29, 0.717) is 19.4 Å². The van der Waals surface area contributed by atoms with Crippen molar-refractivity contribution in [1.29, 1.82) is 0 Å². The van der Waals surface area contributed by atoms with Gasteiger partial charge in [0.25, 0.3) is 0 Å².